The summed E-state index contributed by atoms with van der Waals surface area (Å²) in [6.07, 6.45) is -3.52. The molecule has 2 aromatic carbocycles. The molecule has 32 heavy (non-hydrogen) atoms. The fraction of sp³-hybridized carbons (Fsp3) is 0.0952. The van der Waals surface area contributed by atoms with Crippen molar-refractivity contribution >= 4 is 34.9 Å². The first-order chi connectivity index (χ1) is 16.8. The molecule has 0 radical (unpaired) electrons. The Bertz CT molecular complexity index is 1330. The predicted octanol–water partition coefficient (Wildman–Crippen LogP) is 5.55. The van der Waals surface area contributed by atoms with E-state index in [4.69, 9.17) is 21.8 Å². The maximum absolute atomic E-state index is 13.0. The van der Waals surface area contributed by atoms with Gasteiger partial charge in [-0.25, -0.2) is 4.79 Å². The van der Waals surface area contributed by atoms with Crippen LogP contribution in [0, 0.1) is 0 Å². The number of rotatable bonds is 5. The molecular formula is C21H16ClF3N4O3. The van der Waals surface area contributed by atoms with Gasteiger partial charge in [0.2, 0.25) is 0 Å². The van der Waals surface area contributed by atoms with Gasteiger partial charge in [-0.3, -0.25) is 9.78 Å². The lowest BCUT2D eigenvalue weighted by Gasteiger charge is -2.12. The number of amides is 3. The van der Waals surface area contributed by atoms with E-state index < -0.39 is 64.3 Å². The SMILES string of the molecule is [2H]c1c([2H])c(Oc2ccnc(C(=O)NC)c2)c([2H])c([2H])c1NC(=O)Nc1ccc(Cl)c(C(F)(F)F)c1. The molecule has 3 amide bonds. The fourth-order valence-corrected chi connectivity index (χ4v) is 2.58. The minimum Gasteiger partial charge on any atom is -0.457 e. The molecule has 0 atom stereocenters. The third-order valence-corrected chi connectivity index (χ3v) is 4.11. The third kappa shape index (κ3) is 5.88. The largest absolute Gasteiger partial charge is 0.457 e. The van der Waals surface area contributed by atoms with E-state index in [-0.39, 0.29) is 17.1 Å². The predicted molar refractivity (Wildman–Crippen MR) is 113 cm³/mol. The molecule has 7 nitrogen and oxygen atoms in total. The summed E-state index contributed by atoms with van der Waals surface area (Å²) in [6, 6.07) is 1.42. The van der Waals surface area contributed by atoms with Crippen LogP contribution in [0.25, 0.3) is 0 Å². The lowest BCUT2D eigenvalue weighted by atomic mass is 10.2. The quantitative estimate of drug-likeness (QED) is 0.457. The molecule has 3 rings (SSSR count). The van der Waals surface area contributed by atoms with Crippen molar-refractivity contribution in [3.8, 4) is 11.5 Å². The van der Waals surface area contributed by atoms with Crippen LogP contribution in [0.5, 0.6) is 11.5 Å². The zero-order chi connectivity index (χ0) is 26.8. The van der Waals surface area contributed by atoms with Crippen LogP contribution in [0.4, 0.5) is 29.3 Å². The van der Waals surface area contributed by atoms with Gasteiger partial charge in [-0.05, 0) is 48.4 Å². The van der Waals surface area contributed by atoms with Gasteiger partial charge in [0.1, 0.15) is 17.2 Å². The van der Waals surface area contributed by atoms with Crippen LogP contribution in [0.3, 0.4) is 0 Å². The average molecular weight is 469 g/mol. The number of carbonyl (C=O) groups excluding carboxylic acids is 2. The van der Waals surface area contributed by atoms with Crippen molar-refractivity contribution in [3.63, 3.8) is 0 Å². The Labute approximate surface area is 191 Å². The molecule has 0 saturated heterocycles. The molecular weight excluding hydrogens is 449 g/mol. The molecule has 0 spiro atoms. The van der Waals surface area contributed by atoms with Crippen molar-refractivity contribution in [3.05, 3.63) is 77.0 Å². The lowest BCUT2D eigenvalue weighted by Crippen LogP contribution is -2.19. The molecule has 0 unspecified atom stereocenters. The van der Waals surface area contributed by atoms with Crippen LogP contribution in [-0.4, -0.2) is 24.0 Å². The molecule has 0 aliphatic carbocycles. The van der Waals surface area contributed by atoms with Crippen LogP contribution in [0.1, 0.15) is 21.5 Å². The summed E-state index contributed by atoms with van der Waals surface area (Å²) in [5.41, 5.74) is -2.01. The summed E-state index contributed by atoms with van der Waals surface area (Å²) in [5.74, 6) is -1.00. The second-order valence-electron chi connectivity index (χ2n) is 6.03. The molecule has 1 aromatic heterocycles. The number of alkyl halides is 3. The molecule has 11 heteroatoms. The first-order valence-electron chi connectivity index (χ1n) is 10.7. The first kappa shape index (κ1) is 17.8. The van der Waals surface area contributed by atoms with E-state index >= 15 is 0 Å². The monoisotopic (exact) mass is 468 g/mol. The molecule has 0 aliphatic rings. The van der Waals surface area contributed by atoms with Gasteiger partial charge in [-0.1, -0.05) is 11.6 Å². The Kier molecular flexibility index (Phi) is 5.33. The third-order valence-electron chi connectivity index (χ3n) is 3.78. The number of anilines is 2. The van der Waals surface area contributed by atoms with Gasteiger partial charge >= 0.3 is 12.2 Å². The Balaban J connectivity index is 1.87. The number of benzene rings is 2. The summed E-state index contributed by atoms with van der Waals surface area (Å²) in [6.45, 7) is 0. The van der Waals surface area contributed by atoms with E-state index in [0.29, 0.717) is 6.07 Å². The lowest BCUT2D eigenvalue weighted by molar-refractivity contribution is -0.137. The normalized spacial score (nSPS) is 12.7. The average Bonchev–Trinajstić information content (AvgIpc) is 2.83. The molecule has 166 valence electrons. The maximum atomic E-state index is 13.0. The molecule has 3 N–H and O–H groups in total. The van der Waals surface area contributed by atoms with Gasteiger partial charge in [0, 0.05) is 30.7 Å². The van der Waals surface area contributed by atoms with Crippen LogP contribution >= 0.6 is 11.6 Å². The van der Waals surface area contributed by atoms with E-state index in [1.165, 1.54) is 25.4 Å². The van der Waals surface area contributed by atoms with E-state index in [1.54, 1.807) is 0 Å². The van der Waals surface area contributed by atoms with E-state index in [1.807, 2.05) is 0 Å². The van der Waals surface area contributed by atoms with E-state index in [2.05, 4.69) is 20.9 Å². The number of ether oxygens (including phenoxy) is 1. The highest BCUT2D eigenvalue weighted by Gasteiger charge is 2.33. The van der Waals surface area contributed by atoms with Crippen molar-refractivity contribution in [2.24, 2.45) is 0 Å². The summed E-state index contributed by atoms with van der Waals surface area (Å²) in [4.78, 5) is 28.0. The zero-order valence-corrected chi connectivity index (χ0v) is 16.9. The number of urea groups is 1. The second kappa shape index (κ2) is 9.56. The van der Waals surface area contributed by atoms with E-state index in [0.717, 1.165) is 12.1 Å². The molecule has 0 aliphatic heterocycles. The number of nitrogens with one attached hydrogen (secondary N) is 3. The Morgan fingerprint density at radius 3 is 2.38 bits per heavy atom. The van der Waals surface area contributed by atoms with Crippen molar-refractivity contribution < 1.29 is 33.0 Å². The minimum absolute atomic E-state index is 0.00561. The maximum Gasteiger partial charge on any atom is 0.417 e. The second-order valence-corrected chi connectivity index (χ2v) is 6.44. The molecule has 0 saturated carbocycles. The number of pyridine rings is 1. The molecule has 1 heterocycles. The Morgan fingerprint density at radius 1 is 1.03 bits per heavy atom. The highest BCUT2D eigenvalue weighted by molar-refractivity contribution is 6.31. The summed E-state index contributed by atoms with van der Waals surface area (Å²) in [7, 11) is 1.39. The topological polar surface area (TPSA) is 92.3 Å². The zero-order valence-electron chi connectivity index (χ0n) is 20.1. The Morgan fingerprint density at radius 2 is 1.72 bits per heavy atom. The smallest absolute Gasteiger partial charge is 0.417 e. The number of halogens is 4. The molecule has 0 fully saturated rings. The van der Waals surface area contributed by atoms with Crippen LogP contribution in [0.2, 0.25) is 5.02 Å². The van der Waals surface area contributed by atoms with Crippen molar-refractivity contribution in [1.82, 2.24) is 10.3 Å². The van der Waals surface area contributed by atoms with Crippen molar-refractivity contribution in [1.29, 1.82) is 0 Å². The number of hydrogen-bond acceptors (Lipinski definition) is 4. The molecule has 3 aromatic rings. The van der Waals surface area contributed by atoms with Gasteiger partial charge in [-0.15, -0.1) is 0 Å². The number of hydrogen-bond donors (Lipinski definition) is 3. The number of nitrogens with zero attached hydrogens (tertiary/aromatic N) is 1. The Hall–Kier alpha value is -3.79. The van der Waals surface area contributed by atoms with Crippen molar-refractivity contribution in [2.75, 3.05) is 17.7 Å². The van der Waals surface area contributed by atoms with Crippen LogP contribution in [0.15, 0.2) is 60.7 Å². The van der Waals surface area contributed by atoms with Crippen LogP contribution in [-0.2, 0) is 6.18 Å². The summed E-state index contributed by atoms with van der Waals surface area (Å²) < 4.78 is 77.2. The number of carbonyl (C=O) groups is 2. The van der Waals surface area contributed by atoms with Crippen LogP contribution < -0.4 is 20.7 Å². The van der Waals surface area contributed by atoms with Gasteiger partial charge in [0.05, 0.1) is 16.1 Å². The highest BCUT2D eigenvalue weighted by Crippen LogP contribution is 2.36. The standard InChI is InChI=1S/C21H16ClF3N4O3/c1-26-19(30)18-11-15(8-9-27-18)32-14-5-2-12(3-6-14)28-20(31)29-13-4-7-17(22)16(10-13)21(23,24)25/h2-11H,1H3,(H,26,30)(H2,28,29,31)/i2D,3D,5D,6D. The highest BCUT2D eigenvalue weighted by atomic mass is 35.5. The summed E-state index contributed by atoms with van der Waals surface area (Å²) in [5, 5.41) is 6.03. The van der Waals surface area contributed by atoms with E-state index in [9.17, 15) is 22.8 Å². The molecule has 0 bridgehead atoms. The van der Waals surface area contributed by atoms with Gasteiger partial charge < -0.3 is 20.7 Å². The van der Waals surface area contributed by atoms with Gasteiger partial charge in [-0.2, -0.15) is 13.2 Å². The fourth-order valence-electron chi connectivity index (χ4n) is 2.36. The number of aromatic nitrogens is 1. The summed E-state index contributed by atoms with van der Waals surface area (Å²) >= 11 is 5.55. The van der Waals surface area contributed by atoms with Crippen molar-refractivity contribution in [2.45, 2.75) is 6.18 Å². The van der Waals surface area contributed by atoms with Gasteiger partial charge in [0.15, 0.2) is 0 Å². The first-order valence-corrected chi connectivity index (χ1v) is 9.12. The minimum atomic E-state index is -4.76. The van der Waals surface area contributed by atoms with Gasteiger partial charge in [0.25, 0.3) is 5.91 Å².